The number of piperidine rings is 1. The first-order valence-electron chi connectivity index (χ1n) is 11.0. The van der Waals surface area contributed by atoms with Gasteiger partial charge in [0.1, 0.15) is 6.10 Å². The molecule has 8 heteroatoms. The second-order valence-electron chi connectivity index (χ2n) is 8.81. The fourth-order valence-electron chi connectivity index (χ4n) is 4.50. The molecule has 1 aromatic carbocycles. The van der Waals surface area contributed by atoms with Gasteiger partial charge < -0.3 is 10.1 Å². The van der Waals surface area contributed by atoms with Gasteiger partial charge in [0.05, 0.1) is 5.69 Å². The molecule has 1 aromatic heterocycles. The van der Waals surface area contributed by atoms with Crippen LogP contribution in [0, 0.1) is 11.8 Å². The standard InChI is InChI=1S/C23H30N4O3S/c1-15-9-16(2)12-27(11-15)13-19-14-31-23(25-19)26-21(28)17-5-3-6-18(10-17)24-22(29)20-7-4-8-30-20/h3,5-6,10,14-16,20H,4,7-9,11-13H2,1-2H3,(H,24,29)(H,25,26,28). The normalized spacial score (nSPS) is 24.1. The molecule has 0 radical (unpaired) electrons. The number of carbonyl (C=O) groups excluding carboxylic acids is 2. The second kappa shape index (κ2) is 9.89. The number of nitrogens with one attached hydrogen (secondary N) is 2. The van der Waals surface area contributed by atoms with Gasteiger partial charge in [-0.1, -0.05) is 19.9 Å². The lowest BCUT2D eigenvalue weighted by atomic mass is 9.92. The zero-order valence-electron chi connectivity index (χ0n) is 18.1. The Labute approximate surface area is 187 Å². The zero-order valence-corrected chi connectivity index (χ0v) is 18.9. The SMILES string of the molecule is CC1CC(C)CN(Cc2csc(NC(=O)c3cccc(NC(=O)C4CCCO4)c3)n2)C1. The van der Waals surface area contributed by atoms with Gasteiger partial charge in [-0.25, -0.2) is 4.98 Å². The molecular weight excluding hydrogens is 412 g/mol. The number of likely N-dealkylation sites (tertiary alicyclic amines) is 1. The summed E-state index contributed by atoms with van der Waals surface area (Å²) in [6, 6.07) is 6.92. The lowest BCUT2D eigenvalue weighted by Crippen LogP contribution is -2.38. The summed E-state index contributed by atoms with van der Waals surface area (Å²) in [5.41, 5.74) is 2.04. The van der Waals surface area contributed by atoms with Crippen molar-refractivity contribution in [2.24, 2.45) is 11.8 Å². The highest BCUT2D eigenvalue weighted by molar-refractivity contribution is 7.14. The van der Waals surface area contributed by atoms with Crippen LogP contribution in [0.5, 0.6) is 0 Å². The van der Waals surface area contributed by atoms with Crippen LogP contribution >= 0.6 is 11.3 Å². The van der Waals surface area contributed by atoms with E-state index in [0.29, 0.717) is 34.8 Å². The molecule has 2 aliphatic rings. The maximum Gasteiger partial charge on any atom is 0.257 e. The van der Waals surface area contributed by atoms with Crippen molar-refractivity contribution in [3.63, 3.8) is 0 Å². The first-order valence-corrected chi connectivity index (χ1v) is 11.8. The van der Waals surface area contributed by atoms with Gasteiger partial charge in [0, 0.05) is 42.9 Å². The first kappa shape index (κ1) is 21.9. The van der Waals surface area contributed by atoms with Crippen LogP contribution in [0.1, 0.15) is 49.2 Å². The zero-order chi connectivity index (χ0) is 21.8. The van der Waals surface area contributed by atoms with Crippen molar-refractivity contribution in [2.45, 2.75) is 45.8 Å². The number of hydrogen-bond donors (Lipinski definition) is 2. The minimum absolute atomic E-state index is 0.166. The number of nitrogens with zero attached hydrogens (tertiary/aromatic N) is 2. The predicted octanol–water partition coefficient (Wildman–Crippen LogP) is 3.99. The Morgan fingerprint density at radius 1 is 1.23 bits per heavy atom. The fraction of sp³-hybridized carbons (Fsp3) is 0.522. The van der Waals surface area contributed by atoms with Gasteiger partial charge >= 0.3 is 0 Å². The Kier molecular flexibility index (Phi) is 6.99. The highest BCUT2D eigenvalue weighted by Crippen LogP contribution is 2.24. The van der Waals surface area contributed by atoms with E-state index in [-0.39, 0.29) is 11.8 Å². The highest BCUT2D eigenvalue weighted by Gasteiger charge is 2.24. The monoisotopic (exact) mass is 442 g/mol. The number of thiazole rings is 1. The summed E-state index contributed by atoms with van der Waals surface area (Å²) in [6.45, 7) is 8.21. The third-order valence-corrected chi connectivity index (χ3v) is 6.52. The van der Waals surface area contributed by atoms with E-state index in [1.54, 1.807) is 24.3 Å². The number of rotatable bonds is 6. The van der Waals surface area contributed by atoms with Crippen molar-refractivity contribution in [3.05, 3.63) is 40.9 Å². The number of carbonyl (C=O) groups is 2. The van der Waals surface area contributed by atoms with E-state index >= 15 is 0 Å². The minimum Gasteiger partial charge on any atom is -0.368 e. The van der Waals surface area contributed by atoms with E-state index in [2.05, 4.69) is 34.4 Å². The third-order valence-electron chi connectivity index (χ3n) is 5.72. The number of ether oxygens (including phenoxy) is 1. The molecule has 2 aromatic rings. The largest absolute Gasteiger partial charge is 0.368 e. The molecule has 0 saturated carbocycles. The average Bonchev–Trinajstić information content (AvgIpc) is 3.40. The summed E-state index contributed by atoms with van der Waals surface area (Å²) in [6.07, 6.45) is 2.50. The van der Waals surface area contributed by atoms with Crippen molar-refractivity contribution < 1.29 is 14.3 Å². The Hall–Kier alpha value is -2.29. The molecule has 3 heterocycles. The van der Waals surface area contributed by atoms with Gasteiger partial charge in [-0.05, 0) is 49.3 Å². The van der Waals surface area contributed by atoms with Crippen molar-refractivity contribution >= 4 is 34.0 Å². The predicted molar refractivity (Wildman–Crippen MR) is 122 cm³/mol. The maximum absolute atomic E-state index is 12.7. The third kappa shape index (κ3) is 5.90. The highest BCUT2D eigenvalue weighted by atomic mass is 32.1. The van der Waals surface area contributed by atoms with Crippen molar-refractivity contribution in [2.75, 3.05) is 30.3 Å². The Balaban J connectivity index is 1.34. The van der Waals surface area contributed by atoms with Gasteiger partial charge in [0.15, 0.2) is 5.13 Å². The van der Waals surface area contributed by atoms with Crippen LogP contribution in [0.15, 0.2) is 29.6 Å². The average molecular weight is 443 g/mol. The van der Waals surface area contributed by atoms with Crippen LogP contribution in [-0.2, 0) is 16.1 Å². The minimum atomic E-state index is -0.405. The number of hydrogen-bond acceptors (Lipinski definition) is 6. The van der Waals surface area contributed by atoms with Crippen molar-refractivity contribution in [1.82, 2.24) is 9.88 Å². The smallest absolute Gasteiger partial charge is 0.257 e. The van der Waals surface area contributed by atoms with Gasteiger partial charge in [-0.15, -0.1) is 11.3 Å². The summed E-state index contributed by atoms with van der Waals surface area (Å²) in [4.78, 5) is 32.0. The lowest BCUT2D eigenvalue weighted by molar-refractivity contribution is -0.124. The summed E-state index contributed by atoms with van der Waals surface area (Å²) in [7, 11) is 0. The van der Waals surface area contributed by atoms with Crippen LogP contribution < -0.4 is 10.6 Å². The summed E-state index contributed by atoms with van der Waals surface area (Å²) < 4.78 is 5.41. The number of aromatic nitrogens is 1. The molecular formula is C23H30N4O3S. The first-order chi connectivity index (χ1) is 15.0. The van der Waals surface area contributed by atoms with Crippen molar-refractivity contribution in [1.29, 1.82) is 0 Å². The van der Waals surface area contributed by atoms with Crippen LogP contribution in [0.25, 0.3) is 0 Å². The molecule has 3 unspecified atom stereocenters. The molecule has 31 heavy (non-hydrogen) atoms. The van der Waals surface area contributed by atoms with Crippen LogP contribution in [-0.4, -0.2) is 47.5 Å². The van der Waals surface area contributed by atoms with Crippen LogP contribution in [0.4, 0.5) is 10.8 Å². The topological polar surface area (TPSA) is 83.6 Å². The van der Waals surface area contributed by atoms with E-state index in [9.17, 15) is 9.59 Å². The molecule has 7 nitrogen and oxygen atoms in total. The fourth-order valence-corrected chi connectivity index (χ4v) is 5.20. The molecule has 2 amide bonds. The summed E-state index contributed by atoms with van der Waals surface area (Å²) >= 11 is 1.44. The second-order valence-corrected chi connectivity index (χ2v) is 9.67. The number of amides is 2. The number of benzene rings is 1. The van der Waals surface area contributed by atoms with E-state index in [4.69, 9.17) is 4.74 Å². The molecule has 4 rings (SSSR count). The lowest BCUT2D eigenvalue weighted by Gasteiger charge is -2.34. The molecule has 166 valence electrons. The van der Waals surface area contributed by atoms with Gasteiger partial charge in [-0.2, -0.15) is 0 Å². The quantitative estimate of drug-likeness (QED) is 0.707. The summed E-state index contributed by atoms with van der Waals surface area (Å²) in [5.74, 6) is 0.999. The summed E-state index contributed by atoms with van der Waals surface area (Å²) in [5, 5.41) is 8.32. The molecule has 3 atom stereocenters. The van der Waals surface area contributed by atoms with Crippen molar-refractivity contribution in [3.8, 4) is 0 Å². The van der Waals surface area contributed by atoms with E-state index in [0.717, 1.165) is 38.2 Å². The molecule has 2 fully saturated rings. The van der Waals surface area contributed by atoms with Gasteiger partial charge in [0.25, 0.3) is 11.8 Å². The molecule has 2 saturated heterocycles. The van der Waals surface area contributed by atoms with Gasteiger partial charge in [0.2, 0.25) is 0 Å². The van der Waals surface area contributed by atoms with Crippen LogP contribution in [0.2, 0.25) is 0 Å². The van der Waals surface area contributed by atoms with E-state index in [1.807, 2.05) is 5.38 Å². The molecule has 2 N–H and O–H groups in total. The maximum atomic E-state index is 12.7. The van der Waals surface area contributed by atoms with Gasteiger partial charge in [-0.3, -0.25) is 19.8 Å². The molecule has 2 aliphatic heterocycles. The Morgan fingerprint density at radius 3 is 2.77 bits per heavy atom. The Morgan fingerprint density at radius 2 is 2.03 bits per heavy atom. The van der Waals surface area contributed by atoms with Crippen LogP contribution in [0.3, 0.4) is 0 Å². The Bertz CT molecular complexity index is 915. The van der Waals surface area contributed by atoms with E-state index < -0.39 is 6.10 Å². The molecule has 0 bridgehead atoms. The van der Waals surface area contributed by atoms with E-state index in [1.165, 1.54) is 17.8 Å². The number of anilines is 2. The molecule has 0 spiro atoms. The molecule has 0 aliphatic carbocycles.